The van der Waals surface area contributed by atoms with E-state index in [0.29, 0.717) is 5.41 Å². The lowest BCUT2D eigenvalue weighted by atomic mass is 10.0. The standard InChI is InChI=1S/C16H22N2O2/c1-20-7-6-16(4-5-16)11-18-15(19)12-2-3-13-9-17-10-14(13)8-12/h2-3,8,17H,4-7,9-11H2,1H3,(H,18,19). The molecule has 20 heavy (non-hydrogen) atoms. The summed E-state index contributed by atoms with van der Waals surface area (Å²) in [5, 5.41) is 6.38. The van der Waals surface area contributed by atoms with E-state index in [0.717, 1.165) is 38.2 Å². The first kappa shape index (κ1) is 13.6. The fourth-order valence-corrected chi connectivity index (χ4v) is 2.82. The first-order chi connectivity index (χ1) is 9.72. The molecule has 1 aliphatic heterocycles. The van der Waals surface area contributed by atoms with Gasteiger partial charge < -0.3 is 15.4 Å². The van der Waals surface area contributed by atoms with Gasteiger partial charge in [-0.3, -0.25) is 4.79 Å². The SMILES string of the molecule is COCCC1(CNC(=O)c2ccc3c(c2)CNC3)CC1. The lowest BCUT2D eigenvalue weighted by Gasteiger charge is -2.15. The summed E-state index contributed by atoms with van der Waals surface area (Å²) in [6, 6.07) is 6.00. The molecule has 1 fully saturated rings. The van der Waals surface area contributed by atoms with E-state index >= 15 is 0 Å². The molecule has 1 saturated carbocycles. The molecule has 4 heteroatoms. The summed E-state index contributed by atoms with van der Waals surface area (Å²) in [5.41, 5.74) is 3.62. The number of hydrogen-bond donors (Lipinski definition) is 2. The molecule has 1 amide bonds. The van der Waals surface area contributed by atoms with Crippen molar-refractivity contribution in [3.63, 3.8) is 0 Å². The van der Waals surface area contributed by atoms with Crippen LogP contribution in [0.25, 0.3) is 0 Å². The van der Waals surface area contributed by atoms with E-state index in [1.54, 1.807) is 7.11 Å². The maximum absolute atomic E-state index is 12.2. The quantitative estimate of drug-likeness (QED) is 0.832. The number of carbonyl (C=O) groups is 1. The third-order valence-corrected chi connectivity index (χ3v) is 4.52. The molecule has 0 radical (unpaired) electrons. The van der Waals surface area contributed by atoms with Gasteiger partial charge in [-0.25, -0.2) is 0 Å². The highest BCUT2D eigenvalue weighted by Gasteiger charge is 2.42. The second kappa shape index (κ2) is 5.54. The van der Waals surface area contributed by atoms with Crippen molar-refractivity contribution in [1.82, 2.24) is 10.6 Å². The minimum absolute atomic E-state index is 0.0448. The van der Waals surface area contributed by atoms with Crippen molar-refractivity contribution in [2.75, 3.05) is 20.3 Å². The van der Waals surface area contributed by atoms with Crippen LogP contribution >= 0.6 is 0 Å². The van der Waals surface area contributed by atoms with Gasteiger partial charge in [0, 0.05) is 38.9 Å². The molecule has 1 aliphatic carbocycles. The number of nitrogens with one attached hydrogen (secondary N) is 2. The molecule has 0 aromatic heterocycles. The highest BCUT2D eigenvalue weighted by Crippen LogP contribution is 2.48. The maximum Gasteiger partial charge on any atom is 0.251 e. The van der Waals surface area contributed by atoms with Crippen LogP contribution in [0.4, 0.5) is 0 Å². The third-order valence-electron chi connectivity index (χ3n) is 4.52. The zero-order valence-corrected chi connectivity index (χ0v) is 12.0. The third kappa shape index (κ3) is 2.86. The van der Waals surface area contributed by atoms with Gasteiger partial charge in [0.1, 0.15) is 0 Å². The molecule has 108 valence electrons. The van der Waals surface area contributed by atoms with Gasteiger partial charge in [-0.1, -0.05) is 6.07 Å². The Hall–Kier alpha value is -1.39. The number of ether oxygens (including phenoxy) is 1. The van der Waals surface area contributed by atoms with Crippen molar-refractivity contribution in [2.24, 2.45) is 5.41 Å². The molecular weight excluding hydrogens is 252 g/mol. The van der Waals surface area contributed by atoms with E-state index < -0.39 is 0 Å². The lowest BCUT2D eigenvalue weighted by Crippen LogP contribution is -2.30. The average molecular weight is 274 g/mol. The summed E-state index contributed by atoms with van der Waals surface area (Å²) in [7, 11) is 1.73. The highest BCUT2D eigenvalue weighted by molar-refractivity contribution is 5.94. The fraction of sp³-hybridized carbons (Fsp3) is 0.562. The van der Waals surface area contributed by atoms with Gasteiger partial charge >= 0.3 is 0 Å². The predicted octanol–water partition coefficient (Wildman–Crippen LogP) is 1.84. The van der Waals surface area contributed by atoms with Crippen molar-refractivity contribution in [1.29, 1.82) is 0 Å². The van der Waals surface area contributed by atoms with Gasteiger partial charge in [0.25, 0.3) is 5.91 Å². The summed E-state index contributed by atoms with van der Waals surface area (Å²) in [4.78, 5) is 12.2. The summed E-state index contributed by atoms with van der Waals surface area (Å²) in [6.45, 7) is 3.33. The molecule has 2 N–H and O–H groups in total. The summed E-state index contributed by atoms with van der Waals surface area (Å²) in [6.07, 6.45) is 3.44. The van der Waals surface area contributed by atoms with Crippen molar-refractivity contribution in [3.8, 4) is 0 Å². The molecule has 1 heterocycles. The van der Waals surface area contributed by atoms with E-state index in [1.807, 2.05) is 12.1 Å². The van der Waals surface area contributed by atoms with Gasteiger partial charge in [0.05, 0.1) is 0 Å². The number of carbonyl (C=O) groups excluding carboxylic acids is 1. The van der Waals surface area contributed by atoms with Crippen LogP contribution in [0.3, 0.4) is 0 Å². The Morgan fingerprint density at radius 3 is 2.90 bits per heavy atom. The van der Waals surface area contributed by atoms with Gasteiger partial charge in [0.15, 0.2) is 0 Å². The molecule has 0 unspecified atom stereocenters. The number of amides is 1. The number of benzene rings is 1. The Labute approximate surface area is 119 Å². The van der Waals surface area contributed by atoms with Crippen LogP contribution in [0.5, 0.6) is 0 Å². The topological polar surface area (TPSA) is 50.4 Å². The second-order valence-electron chi connectivity index (χ2n) is 6.01. The van der Waals surface area contributed by atoms with Crippen molar-refractivity contribution >= 4 is 5.91 Å². The van der Waals surface area contributed by atoms with Gasteiger partial charge in [-0.15, -0.1) is 0 Å². The summed E-state index contributed by atoms with van der Waals surface area (Å²) >= 11 is 0. The molecule has 2 aliphatic rings. The van der Waals surface area contributed by atoms with Crippen LogP contribution in [0, 0.1) is 5.41 Å². The van der Waals surface area contributed by atoms with E-state index in [2.05, 4.69) is 16.7 Å². The Morgan fingerprint density at radius 1 is 1.35 bits per heavy atom. The number of hydrogen-bond acceptors (Lipinski definition) is 3. The minimum Gasteiger partial charge on any atom is -0.385 e. The maximum atomic E-state index is 12.2. The number of rotatable bonds is 6. The van der Waals surface area contributed by atoms with Crippen LogP contribution in [0.1, 0.15) is 40.7 Å². The van der Waals surface area contributed by atoms with E-state index in [9.17, 15) is 4.79 Å². The van der Waals surface area contributed by atoms with E-state index in [-0.39, 0.29) is 5.91 Å². The molecule has 4 nitrogen and oxygen atoms in total. The van der Waals surface area contributed by atoms with Crippen LogP contribution in [0.2, 0.25) is 0 Å². The molecule has 3 rings (SSSR count). The zero-order valence-electron chi connectivity index (χ0n) is 12.0. The summed E-state index contributed by atoms with van der Waals surface area (Å²) in [5.74, 6) is 0.0448. The van der Waals surface area contributed by atoms with Crippen molar-refractivity contribution < 1.29 is 9.53 Å². The van der Waals surface area contributed by atoms with E-state index in [1.165, 1.54) is 24.0 Å². The van der Waals surface area contributed by atoms with Crippen molar-refractivity contribution in [2.45, 2.75) is 32.4 Å². The van der Waals surface area contributed by atoms with Crippen LogP contribution in [0.15, 0.2) is 18.2 Å². The Morgan fingerprint density at radius 2 is 2.15 bits per heavy atom. The predicted molar refractivity (Wildman–Crippen MR) is 77.5 cm³/mol. The molecular formula is C16H22N2O2. The average Bonchev–Trinajstić information content (AvgIpc) is 3.09. The summed E-state index contributed by atoms with van der Waals surface area (Å²) < 4.78 is 5.14. The first-order valence-corrected chi connectivity index (χ1v) is 7.32. The largest absolute Gasteiger partial charge is 0.385 e. The molecule has 1 aromatic rings. The molecule has 0 bridgehead atoms. The van der Waals surface area contributed by atoms with Gasteiger partial charge in [-0.05, 0) is 47.9 Å². The lowest BCUT2D eigenvalue weighted by molar-refractivity contribution is 0.0938. The molecule has 0 spiro atoms. The zero-order chi connectivity index (χ0) is 14.0. The fourth-order valence-electron chi connectivity index (χ4n) is 2.82. The first-order valence-electron chi connectivity index (χ1n) is 7.32. The smallest absolute Gasteiger partial charge is 0.251 e. The van der Waals surface area contributed by atoms with Gasteiger partial charge in [-0.2, -0.15) is 0 Å². The Bertz CT molecular complexity index is 509. The Balaban J connectivity index is 1.57. The van der Waals surface area contributed by atoms with Crippen LogP contribution in [-0.4, -0.2) is 26.2 Å². The van der Waals surface area contributed by atoms with E-state index in [4.69, 9.17) is 4.74 Å². The monoisotopic (exact) mass is 274 g/mol. The number of methoxy groups -OCH3 is 1. The molecule has 0 atom stereocenters. The van der Waals surface area contributed by atoms with Crippen LogP contribution in [-0.2, 0) is 17.8 Å². The highest BCUT2D eigenvalue weighted by atomic mass is 16.5. The normalized spacial score (nSPS) is 18.6. The van der Waals surface area contributed by atoms with Crippen molar-refractivity contribution in [3.05, 3.63) is 34.9 Å². The second-order valence-corrected chi connectivity index (χ2v) is 6.01. The van der Waals surface area contributed by atoms with Gasteiger partial charge in [0.2, 0.25) is 0 Å². The molecule has 1 aromatic carbocycles. The number of fused-ring (bicyclic) bond motifs is 1. The molecule has 0 saturated heterocycles. The van der Waals surface area contributed by atoms with Crippen LogP contribution < -0.4 is 10.6 Å². The minimum atomic E-state index is 0.0448. The Kier molecular flexibility index (Phi) is 3.76.